The third kappa shape index (κ3) is 3.74. The molecule has 0 saturated heterocycles. The Bertz CT molecular complexity index is 884. The second-order valence-electron chi connectivity index (χ2n) is 8.23. The summed E-state index contributed by atoms with van der Waals surface area (Å²) in [4.78, 5) is 25.6. The number of amides is 2. The lowest BCUT2D eigenvalue weighted by atomic mass is 10.0. The van der Waals surface area contributed by atoms with E-state index >= 15 is 0 Å². The first-order valence-corrected chi connectivity index (χ1v) is 9.70. The minimum absolute atomic E-state index is 0.0421. The number of carbonyl (C=O) groups is 2. The van der Waals surface area contributed by atoms with Crippen LogP contribution in [0.4, 0.5) is 10.6 Å². The molecule has 0 radical (unpaired) electrons. The number of carboxylic acid groups (broad SMARTS) is 1. The average Bonchev–Trinajstić information content (AvgIpc) is 3.03. The van der Waals surface area contributed by atoms with Crippen molar-refractivity contribution in [1.82, 2.24) is 24.9 Å². The maximum atomic E-state index is 12.2. The number of nitrogens with zero attached hydrogens (tertiary/aromatic N) is 4. The SMILES string of the molecule is Cn1ccc(CC(=O)Nc2cc(C3CCC(N(C(=O)O)C4(C)CC4)C3)[nH]n2)n1. The Balaban J connectivity index is 1.35. The Morgan fingerprint density at radius 2 is 2.21 bits per heavy atom. The van der Waals surface area contributed by atoms with Gasteiger partial charge in [0, 0.05) is 42.5 Å². The minimum Gasteiger partial charge on any atom is -0.465 e. The number of rotatable bonds is 6. The summed E-state index contributed by atoms with van der Waals surface area (Å²) >= 11 is 0. The maximum Gasteiger partial charge on any atom is 0.408 e. The highest BCUT2D eigenvalue weighted by Gasteiger charge is 2.50. The fraction of sp³-hybridized carbons (Fsp3) is 0.579. The van der Waals surface area contributed by atoms with Gasteiger partial charge in [0.15, 0.2) is 5.82 Å². The van der Waals surface area contributed by atoms with Gasteiger partial charge in [0.25, 0.3) is 0 Å². The molecule has 28 heavy (non-hydrogen) atoms. The van der Waals surface area contributed by atoms with Crippen LogP contribution in [0.5, 0.6) is 0 Å². The standard InChI is InChI=1S/C19H26N6O3/c1-19(6-7-19)25(18(27)28)14-4-3-12(9-14)15-11-16(22-21-15)20-17(26)10-13-5-8-24(2)23-13/h5,8,11-12,14H,3-4,6-7,9-10H2,1-2H3,(H,27,28)(H2,20,21,22,26). The van der Waals surface area contributed by atoms with Crippen LogP contribution in [0.15, 0.2) is 18.3 Å². The molecule has 0 aliphatic heterocycles. The van der Waals surface area contributed by atoms with Gasteiger partial charge in [-0.2, -0.15) is 10.2 Å². The molecular formula is C19H26N6O3. The lowest BCUT2D eigenvalue weighted by Crippen LogP contribution is -2.45. The van der Waals surface area contributed by atoms with Crippen molar-refractivity contribution in [2.45, 2.75) is 62.9 Å². The first kappa shape index (κ1) is 18.5. The molecule has 2 unspecified atom stereocenters. The van der Waals surface area contributed by atoms with E-state index in [0.717, 1.165) is 37.8 Å². The molecule has 2 aromatic heterocycles. The number of hydrogen-bond acceptors (Lipinski definition) is 4. The number of aromatic nitrogens is 4. The number of aromatic amines is 1. The van der Waals surface area contributed by atoms with E-state index in [0.29, 0.717) is 11.5 Å². The highest BCUT2D eigenvalue weighted by Crippen LogP contribution is 2.47. The molecule has 2 amide bonds. The minimum atomic E-state index is -0.822. The van der Waals surface area contributed by atoms with Gasteiger partial charge >= 0.3 is 6.09 Å². The van der Waals surface area contributed by atoms with Crippen LogP contribution in [0.3, 0.4) is 0 Å². The Hall–Kier alpha value is -2.84. The van der Waals surface area contributed by atoms with Crippen molar-refractivity contribution in [3.8, 4) is 0 Å². The molecule has 2 atom stereocenters. The molecule has 2 saturated carbocycles. The van der Waals surface area contributed by atoms with E-state index in [1.54, 1.807) is 15.8 Å². The van der Waals surface area contributed by atoms with Crippen LogP contribution >= 0.6 is 0 Å². The van der Waals surface area contributed by atoms with E-state index < -0.39 is 6.09 Å². The van der Waals surface area contributed by atoms with Gasteiger partial charge in [-0.3, -0.25) is 19.5 Å². The van der Waals surface area contributed by atoms with Crippen LogP contribution in [0, 0.1) is 0 Å². The summed E-state index contributed by atoms with van der Waals surface area (Å²) in [5.74, 6) is 0.548. The zero-order valence-corrected chi connectivity index (χ0v) is 16.2. The molecule has 0 bridgehead atoms. The van der Waals surface area contributed by atoms with Crippen molar-refractivity contribution in [2.24, 2.45) is 7.05 Å². The zero-order chi connectivity index (χ0) is 19.9. The van der Waals surface area contributed by atoms with Crippen LogP contribution in [0.25, 0.3) is 0 Å². The van der Waals surface area contributed by atoms with Crippen molar-refractivity contribution in [3.05, 3.63) is 29.7 Å². The van der Waals surface area contributed by atoms with Crippen LogP contribution < -0.4 is 5.32 Å². The average molecular weight is 386 g/mol. The Labute approximate surface area is 163 Å². The summed E-state index contributed by atoms with van der Waals surface area (Å²) in [5.41, 5.74) is 1.46. The highest BCUT2D eigenvalue weighted by molar-refractivity contribution is 5.91. The first-order chi connectivity index (χ1) is 13.3. The predicted octanol–water partition coefficient (Wildman–Crippen LogP) is 2.49. The molecule has 4 rings (SSSR count). The number of nitrogens with one attached hydrogen (secondary N) is 2. The fourth-order valence-electron chi connectivity index (χ4n) is 4.24. The molecule has 0 spiro atoms. The van der Waals surface area contributed by atoms with Crippen molar-refractivity contribution >= 4 is 17.8 Å². The highest BCUT2D eigenvalue weighted by atomic mass is 16.4. The van der Waals surface area contributed by atoms with Gasteiger partial charge in [-0.1, -0.05) is 0 Å². The molecule has 3 N–H and O–H groups in total. The summed E-state index contributed by atoms with van der Waals surface area (Å²) < 4.78 is 1.66. The molecule has 9 nitrogen and oxygen atoms in total. The first-order valence-electron chi connectivity index (χ1n) is 9.70. The lowest BCUT2D eigenvalue weighted by Gasteiger charge is -2.32. The van der Waals surface area contributed by atoms with Crippen LogP contribution in [-0.4, -0.2) is 53.6 Å². The second kappa shape index (κ2) is 6.96. The Morgan fingerprint density at radius 1 is 1.43 bits per heavy atom. The smallest absolute Gasteiger partial charge is 0.408 e. The monoisotopic (exact) mass is 386 g/mol. The topological polar surface area (TPSA) is 116 Å². The number of carbonyl (C=O) groups excluding carboxylic acids is 1. The van der Waals surface area contributed by atoms with E-state index in [2.05, 4.69) is 20.6 Å². The molecule has 2 heterocycles. The third-order valence-corrected chi connectivity index (χ3v) is 5.95. The molecule has 0 aromatic carbocycles. The summed E-state index contributed by atoms with van der Waals surface area (Å²) in [5, 5.41) is 23.9. The quantitative estimate of drug-likeness (QED) is 0.705. The molecule has 150 valence electrons. The van der Waals surface area contributed by atoms with Gasteiger partial charge in [-0.15, -0.1) is 0 Å². The van der Waals surface area contributed by atoms with Crippen molar-refractivity contribution in [2.75, 3.05) is 5.32 Å². The van der Waals surface area contributed by atoms with Crippen molar-refractivity contribution in [1.29, 1.82) is 0 Å². The van der Waals surface area contributed by atoms with E-state index in [9.17, 15) is 14.7 Å². The lowest BCUT2D eigenvalue weighted by molar-refractivity contribution is -0.115. The van der Waals surface area contributed by atoms with Crippen molar-refractivity contribution < 1.29 is 14.7 Å². The molecule has 2 aliphatic rings. The summed E-state index contributed by atoms with van der Waals surface area (Å²) in [6.07, 6.45) is 5.60. The van der Waals surface area contributed by atoms with E-state index in [4.69, 9.17) is 0 Å². The summed E-state index contributed by atoms with van der Waals surface area (Å²) in [6.45, 7) is 2.03. The van der Waals surface area contributed by atoms with Crippen LogP contribution in [0.1, 0.15) is 56.3 Å². The van der Waals surface area contributed by atoms with E-state index in [1.807, 2.05) is 26.1 Å². The molecule has 2 aliphatic carbocycles. The number of hydrogen-bond donors (Lipinski definition) is 3. The molecule has 2 aromatic rings. The molecule has 2 fully saturated rings. The number of aryl methyl sites for hydroxylation is 1. The number of anilines is 1. The van der Waals surface area contributed by atoms with Gasteiger partial charge < -0.3 is 10.4 Å². The summed E-state index contributed by atoms with van der Waals surface area (Å²) in [7, 11) is 1.81. The Morgan fingerprint density at radius 3 is 2.86 bits per heavy atom. The fourth-order valence-corrected chi connectivity index (χ4v) is 4.24. The second-order valence-corrected chi connectivity index (χ2v) is 8.23. The Kier molecular flexibility index (Phi) is 4.60. The summed E-state index contributed by atoms with van der Waals surface area (Å²) in [6, 6.07) is 3.70. The number of H-pyrrole nitrogens is 1. The van der Waals surface area contributed by atoms with Gasteiger partial charge in [0.2, 0.25) is 5.91 Å². The van der Waals surface area contributed by atoms with Gasteiger partial charge in [-0.05, 0) is 45.1 Å². The van der Waals surface area contributed by atoms with Crippen molar-refractivity contribution in [3.63, 3.8) is 0 Å². The normalized spacial score (nSPS) is 22.8. The van der Waals surface area contributed by atoms with E-state index in [1.165, 1.54) is 0 Å². The predicted molar refractivity (Wildman–Crippen MR) is 102 cm³/mol. The van der Waals surface area contributed by atoms with Gasteiger partial charge in [-0.25, -0.2) is 4.79 Å². The van der Waals surface area contributed by atoms with E-state index in [-0.39, 0.29) is 29.8 Å². The molecular weight excluding hydrogens is 360 g/mol. The molecule has 9 heteroatoms. The zero-order valence-electron chi connectivity index (χ0n) is 16.2. The van der Waals surface area contributed by atoms with Gasteiger partial charge in [0.05, 0.1) is 12.1 Å². The van der Waals surface area contributed by atoms with Gasteiger partial charge in [0.1, 0.15) is 0 Å². The van der Waals surface area contributed by atoms with Crippen LogP contribution in [0.2, 0.25) is 0 Å². The van der Waals surface area contributed by atoms with Crippen LogP contribution in [-0.2, 0) is 18.3 Å². The third-order valence-electron chi connectivity index (χ3n) is 5.95. The largest absolute Gasteiger partial charge is 0.465 e. The maximum absolute atomic E-state index is 12.2.